The molecule has 0 aliphatic heterocycles. The van der Waals surface area contributed by atoms with Crippen LogP contribution >= 0.6 is 11.6 Å². The number of benzene rings is 1. The highest BCUT2D eigenvalue weighted by Gasteiger charge is 2.15. The molecule has 4 heteroatoms. The molecule has 0 heterocycles. The smallest absolute Gasteiger partial charge is 0.265 e. The van der Waals surface area contributed by atoms with Crippen LogP contribution in [-0.2, 0) is 6.42 Å². The summed E-state index contributed by atoms with van der Waals surface area (Å²) in [7, 11) is 0. The van der Waals surface area contributed by atoms with Crippen molar-refractivity contribution in [1.82, 2.24) is 0 Å². The molecule has 0 aliphatic rings. The van der Waals surface area contributed by atoms with E-state index in [9.17, 15) is 8.78 Å². The van der Waals surface area contributed by atoms with E-state index in [2.05, 4.69) is 0 Å². The number of nitrogens with two attached hydrogens (primary N) is 1. The van der Waals surface area contributed by atoms with E-state index in [4.69, 9.17) is 17.3 Å². The highest BCUT2D eigenvalue weighted by molar-refractivity contribution is 6.31. The zero-order chi connectivity index (χ0) is 11.3. The first-order valence-electron chi connectivity index (χ1n) is 4.92. The lowest BCUT2D eigenvalue weighted by atomic mass is 10.0. The average Bonchev–Trinajstić information content (AvgIpc) is 2.17. The van der Waals surface area contributed by atoms with Crippen LogP contribution in [0.3, 0.4) is 0 Å². The number of alkyl halides is 2. The molecule has 84 valence electrons. The van der Waals surface area contributed by atoms with Crippen molar-refractivity contribution in [2.75, 3.05) is 6.54 Å². The monoisotopic (exact) mass is 233 g/mol. The minimum atomic E-state index is -2.51. The summed E-state index contributed by atoms with van der Waals surface area (Å²) in [5.74, 6) is 0. The number of halogens is 3. The van der Waals surface area contributed by atoms with Gasteiger partial charge in [0.15, 0.2) is 0 Å². The Morgan fingerprint density at radius 2 is 2.00 bits per heavy atom. The lowest BCUT2D eigenvalue weighted by Crippen LogP contribution is -2.01. The maximum Gasteiger partial charge on any atom is 0.265 e. The fourth-order valence-electron chi connectivity index (χ4n) is 1.50. The second-order valence-electron chi connectivity index (χ2n) is 3.36. The molecular weight excluding hydrogens is 220 g/mol. The number of rotatable bonds is 5. The third kappa shape index (κ3) is 3.43. The molecule has 0 radical (unpaired) electrons. The molecule has 1 rings (SSSR count). The molecule has 0 spiro atoms. The van der Waals surface area contributed by atoms with Gasteiger partial charge in [0.25, 0.3) is 6.43 Å². The Balaban J connectivity index is 2.81. The van der Waals surface area contributed by atoms with Crippen molar-refractivity contribution in [2.45, 2.75) is 25.7 Å². The zero-order valence-corrected chi connectivity index (χ0v) is 9.11. The predicted molar refractivity (Wildman–Crippen MR) is 58.4 cm³/mol. The molecule has 0 saturated heterocycles. The van der Waals surface area contributed by atoms with Crippen LogP contribution in [0.4, 0.5) is 8.78 Å². The van der Waals surface area contributed by atoms with Crippen LogP contribution in [0, 0.1) is 0 Å². The van der Waals surface area contributed by atoms with Crippen LogP contribution in [0.15, 0.2) is 18.2 Å². The van der Waals surface area contributed by atoms with Gasteiger partial charge in [0.05, 0.1) is 0 Å². The van der Waals surface area contributed by atoms with E-state index >= 15 is 0 Å². The first-order valence-corrected chi connectivity index (χ1v) is 5.30. The summed E-state index contributed by atoms with van der Waals surface area (Å²) in [6.07, 6.45) is -0.241. The van der Waals surface area contributed by atoms with Gasteiger partial charge in [0.1, 0.15) is 0 Å². The van der Waals surface area contributed by atoms with Gasteiger partial charge in [0.2, 0.25) is 0 Å². The van der Waals surface area contributed by atoms with Crippen molar-refractivity contribution in [1.29, 1.82) is 0 Å². The predicted octanol–water partition coefficient (Wildman–Crippen LogP) is 3.56. The van der Waals surface area contributed by atoms with Gasteiger partial charge in [-0.1, -0.05) is 23.7 Å². The molecule has 0 fully saturated rings. The highest BCUT2D eigenvalue weighted by Crippen LogP contribution is 2.30. The van der Waals surface area contributed by atoms with Gasteiger partial charge in [-0.2, -0.15) is 0 Å². The Bertz CT molecular complexity index is 315. The minimum Gasteiger partial charge on any atom is -0.330 e. The quantitative estimate of drug-likeness (QED) is 0.774. The van der Waals surface area contributed by atoms with Gasteiger partial charge < -0.3 is 5.73 Å². The van der Waals surface area contributed by atoms with Crippen molar-refractivity contribution in [3.8, 4) is 0 Å². The van der Waals surface area contributed by atoms with Crippen molar-refractivity contribution in [2.24, 2.45) is 5.73 Å². The van der Waals surface area contributed by atoms with E-state index in [-0.39, 0.29) is 10.6 Å². The molecule has 0 atom stereocenters. The van der Waals surface area contributed by atoms with Crippen LogP contribution in [0.25, 0.3) is 0 Å². The van der Waals surface area contributed by atoms with E-state index in [1.54, 1.807) is 12.1 Å². The van der Waals surface area contributed by atoms with Crippen LogP contribution < -0.4 is 5.73 Å². The second kappa shape index (κ2) is 6.03. The lowest BCUT2D eigenvalue weighted by molar-refractivity contribution is 0.150. The fraction of sp³-hybridized carbons (Fsp3) is 0.455. The highest BCUT2D eigenvalue weighted by atomic mass is 35.5. The topological polar surface area (TPSA) is 26.0 Å². The summed E-state index contributed by atoms with van der Waals surface area (Å²) in [5.41, 5.74) is 5.95. The molecular formula is C11H14ClF2N. The van der Waals surface area contributed by atoms with E-state index in [0.717, 1.165) is 12.8 Å². The van der Waals surface area contributed by atoms with Gasteiger partial charge in [-0.3, -0.25) is 0 Å². The van der Waals surface area contributed by atoms with Crippen molar-refractivity contribution in [3.63, 3.8) is 0 Å². The summed E-state index contributed by atoms with van der Waals surface area (Å²) in [6.45, 7) is 0.588. The summed E-state index contributed by atoms with van der Waals surface area (Å²) < 4.78 is 25.4. The number of hydrogen-bond acceptors (Lipinski definition) is 1. The Kier molecular flexibility index (Phi) is 4.99. The maximum atomic E-state index is 12.7. The molecule has 1 aromatic rings. The molecule has 0 amide bonds. The van der Waals surface area contributed by atoms with Crippen LogP contribution in [0.5, 0.6) is 0 Å². The molecule has 0 saturated carbocycles. The molecule has 0 bridgehead atoms. The normalized spacial score (nSPS) is 11.0. The molecule has 0 aliphatic carbocycles. The van der Waals surface area contributed by atoms with Crippen molar-refractivity contribution in [3.05, 3.63) is 34.3 Å². The molecule has 2 N–H and O–H groups in total. The molecule has 0 aromatic heterocycles. The standard InChI is InChI=1S/C11H14ClF2N/c12-9-6-3-5-8(4-1-2-7-15)10(9)11(13)14/h3,5-6,11H,1-2,4,7,15H2. The van der Waals surface area contributed by atoms with Crippen LogP contribution in [-0.4, -0.2) is 6.54 Å². The maximum absolute atomic E-state index is 12.7. The van der Waals surface area contributed by atoms with Gasteiger partial charge in [-0.05, 0) is 37.4 Å². The Morgan fingerprint density at radius 1 is 1.27 bits per heavy atom. The van der Waals surface area contributed by atoms with Gasteiger partial charge in [-0.25, -0.2) is 8.78 Å². The van der Waals surface area contributed by atoms with E-state index in [0.29, 0.717) is 18.5 Å². The largest absolute Gasteiger partial charge is 0.330 e. The van der Waals surface area contributed by atoms with Gasteiger partial charge >= 0.3 is 0 Å². The van der Waals surface area contributed by atoms with Gasteiger partial charge in [-0.15, -0.1) is 0 Å². The van der Waals surface area contributed by atoms with Gasteiger partial charge in [0, 0.05) is 10.6 Å². The molecule has 1 nitrogen and oxygen atoms in total. The average molecular weight is 234 g/mol. The number of hydrogen-bond donors (Lipinski definition) is 1. The third-order valence-electron chi connectivity index (χ3n) is 2.26. The molecule has 1 aromatic carbocycles. The van der Waals surface area contributed by atoms with E-state index in [1.807, 2.05) is 0 Å². The molecule has 0 unspecified atom stereocenters. The lowest BCUT2D eigenvalue weighted by Gasteiger charge is -2.10. The van der Waals surface area contributed by atoms with E-state index < -0.39 is 6.43 Å². The van der Waals surface area contributed by atoms with Crippen LogP contribution in [0.2, 0.25) is 5.02 Å². The zero-order valence-electron chi connectivity index (χ0n) is 8.35. The number of aryl methyl sites for hydroxylation is 1. The van der Waals surface area contributed by atoms with Crippen LogP contribution in [0.1, 0.15) is 30.4 Å². The van der Waals surface area contributed by atoms with Crippen molar-refractivity contribution < 1.29 is 8.78 Å². The number of unbranched alkanes of at least 4 members (excludes halogenated alkanes) is 1. The Labute approximate surface area is 93.2 Å². The second-order valence-corrected chi connectivity index (χ2v) is 3.77. The fourth-order valence-corrected chi connectivity index (χ4v) is 1.78. The first-order chi connectivity index (χ1) is 7.16. The summed E-state index contributed by atoms with van der Waals surface area (Å²) in [5, 5.41) is 0.148. The third-order valence-corrected chi connectivity index (χ3v) is 2.59. The summed E-state index contributed by atoms with van der Waals surface area (Å²) in [6, 6.07) is 4.89. The van der Waals surface area contributed by atoms with E-state index in [1.165, 1.54) is 6.07 Å². The summed E-state index contributed by atoms with van der Waals surface area (Å²) >= 11 is 5.73. The Hall–Kier alpha value is -0.670. The van der Waals surface area contributed by atoms with Crippen molar-refractivity contribution >= 4 is 11.6 Å². The molecule has 15 heavy (non-hydrogen) atoms. The summed E-state index contributed by atoms with van der Waals surface area (Å²) in [4.78, 5) is 0. The Morgan fingerprint density at radius 3 is 2.60 bits per heavy atom. The first kappa shape index (κ1) is 12.4. The minimum absolute atomic E-state index is 0.0313. The SMILES string of the molecule is NCCCCc1cccc(Cl)c1C(F)F.